The van der Waals surface area contributed by atoms with E-state index in [2.05, 4.69) is 82.3 Å². The Morgan fingerprint density at radius 1 is 0.769 bits per heavy atom. The summed E-state index contributed by atoms with van der Waals surface area (Å²) in [7, 11) is 0. The van der Waals surface area contributed by atoms with Gasteiger partial charge in [0.2, 0.25) is 0 Å². The lowest BCUT2D eigenvalue weighted by molar-refractivity contribution is 0.648. The molecule has 0 radical (unpaired) electrons. The highest BCUT2D eigenvalue weighted by molar-refractivity contribution is 5.87. The van der Waals surface area contributed by atoms with Crippen molar-refractivity contribution in [2.24, 2.45) is 11.7 Å². The van der Waals surface area contributed by atoms with Crippen molar-refractivity contribution >= 4 is 5.57 Å². The van der Waals surface area contributed by atoms with Gasteiger partial charge in [-0.1, -0.05) is 65.8 Å². The Labute approximate surface area is 156 Å². The lowest BCUT2D eigenvalue weighted by Crippen LogP contribution is -2.11. The first-order chi connectivity index (χ1) is 12.5. The maximum atomic E-state index is 6.03. The molecule has 2 aliphatic rings. The minimum absolute atomic E-state index is 0.402. The first-order valence-electron chi connectivity index (χ1n) is 9.49. The smallest absolute Gasteiger partial charge is 0.0184 e. The van der Waals surface area contributed by atoms with Gasteiger partial charge < -0.3 is 5.73 Å². The lowest BCUT2D eigenvalue weighted by atomic mass is 9.81. The number of rotatable bonds is 3. The normalized spacial score (nSPS) is 20.0. The fraction of sp³-hybridized carbons (Fsp3) is 0.280. The van der Waals surface area contributed by atoms with Crippen molar-refractivity contribution in [1.29, 1.82) is 0 Å². The van der Waals surface area contributed by atoms with E-state index in [1.165, 1.54) is 50.1 Å². The summed E-state index contributed by atoms with van der Waals surface area (Å²) in [5.41, 5.74) is 18.6. The quantitative estimate of drug-likeness (QED) is 0.730. The third kappa shape index (κ3) is 2.42. The Morgan fingerprint density at radius 2 is 1.35 bits per heavy atom. The van der Waals surface area contributed by atoms with Crippen LogP contribution in [0.3, 0.4) is 0 Å². The van der Waals surface area contributed by atoms with Crippen LogP contribution in [-0.2, 0) is 6.54 Å². The molecular weight excluding hydrogens is 314 g/mol. The summed E-state index contributed by atoms with van der Waals surface area (Å²) in [5.74, 6) is 0.873. The predicted molar refractivity (Wildman–Crippen MR) is 111 cm³/mol. The topological polar surface area (TPSA) is 26.0 Å². The third-order valence-corrected chi connectivity index (χ3v) is 6.52. The second kappa shape index (κ2) is 6.41. The molecule has 1 nitrogen and oxygen atoms in total. The molecule has 4 rings (SSSR count). The number of fused-ring (bicyclic) bond motifs is 1. The van der Waals surface area contributed by atoms with Crippen LogP contribution in [0.15, 0.2) is 76.9 Å². The molecule has 0 aromatic heterocycles. The van der Waals surface area contributed by atoms with Gasteiger partial charge >= 0.3 is 0 Å². The lowest BCUT2D eigenvalue weighted by Gasteiger charge is -2.23. The molecule has 0 saturated heterocycles. The zero-order valence-corrected chi connectivity index (χ0v) is 16.1. The van der Waals surface area contributed by atoms with E-state index < -0.39 is 0 Å². The minimum Gasteiger partial charge on any atom is -0.326 e. The van der Waals surface area contributed by atoms with E-state index in [4.69, 9.17) is 5.73 Å². The van der Waals surface area contributed by atoms with Gasteiger partial charge in [-0.3, -0.25) is 0 Å². The van der Waals surface area contributed by atoms with Gasteiger partial charge in [-0.05, 0) is 66.7 Å². The van der Waals surface area contributed by atoms with Gasteiger partial charge in [0.25, 0.3) is 0 Å². The largest absolute Gasteiger partial charge is 0.326 e. The van der Waals surface area contributed by atoms with Crippen LogP contribution in [0.25, 0.3) is 5.57 Å². The molecule has 0 spiro atoms. The molecule has 0 aliphatic heterocycles. The summed E-state index contributed by atoms with van der Waals surface area (Å²) < 4.78 is 0. The van der Waals surface area contributed by atoms with Crippen molar-refractivity contribution in [2.45, 2.75) is 40.2 Å². The molecule has 2 N–H and O–H groups in total. The maximum absolute atomic E-state index is 6.03. The number of allylic oxidation sites excluding steroid dienone is 5. The van der Waals surface area contributed by atoms with Crippen molar-refractivity contribution in [3.8, 4) is 0 Å². The first-order valence-corrected chi connectivity index (χ1v) is 9.49. The number of benzene rings is 2. The van der Waals surface area contributed by atoms with Gasteiger partial charge in [0.15, 0.2) is 0 Å². The third-order valence-electron chi connectivity index (χ3n) is 6.52. The van der Waals surface area contributed by atoms with Crippen LogP contribution in [0.5, 0.6) is 0 Å². The van der Waals surface area contributed by atoms with Crippen molar-refractivity contribution in [3.05, 3.63) is 99.2 Å². The highest BCUT2D eigenvalue weighted by Gasteiger charge is 2.36. The standard InChI is InChI=1S/C25H27N/c1-15-16(2)18(4)25(17(15)3)24-13-23(21-11-7-8-12-22(21)24)20-10-6-5-9-19(20)14-26/h5-13,24-25H,14,26H2,1-4H3. The molecule has 1 heteroatoms. The van der Waals surface area contributed by atoms with E-state index in [0.717, 1.165) is 0 Å². The highest BCUT2D eigenvalue weighted by atomic mass is 14.5. The fourth-order valence-corrected chi connectivity index (χ4v) is 4.79. The fourth-order valence-electron chi connectivity index (χ4n) is 4.79. The summed E-state index contributed by atoms with van der Waals surface area (Å²) in [6.45, 7) is 9.72. The summed E-state index contributed by atoms with van der Waals surface area (Å²) in [6, 6.07) is 17.4. The van der Waals surface area contributed by atoms with E-state index in [9.17, 15) is 0 Å². The second-order valence-electron chi connectivity index (χ2n) is 7.65. The van der Waals surface area contributed by atoms with Crippen molar-refractivity contribution < 1.29 is 0 Å². The van der Waals surface area contributed by atoms with Gasteiger partial charge in [-0.2, -0.15) is 0 Å². The zero-order valence-electron chi connectivity index (χ0n) is 16.1. The highest BCUT2D eigenvalue weighted by Crippen LogP contribution is 2.51. The van der Waals surface area contributed by atoms with Crippen molar-refractivity contribution in [1.82, 2.24) is 0 Å². The Balaban J connectivity index is 1.90. The Bertz CT molecular complexity index is 947. The van der Waals surface area contributed by atoms with Crippen LogP contribution >= 0.6 is 0 Å². The van der Waals surface area contributed by atoms with Crippen LogP contribution in [0.4, 0.5) is 0 Å². The van der Waals surface area contributed by atoms with Gasteiger partial charge in [-0.25, -0.2) is 0 Å². The van der Waals surface area contributed by atoms with Crippen LogP contribution in [0.2, 0.25) is 0 Å². The molecule has 1 atom stereocenters. The van der Waals surface area contributed by atoms with Gasteiger partial charge in [0.05, 0.1) is 0 Å². The molecule has 0 bridgehead atoms. The van der Waals surface area contributed by atoms with E-state index in [0.29, 0.717) is 18.4 Å². The maximum Gasteiger partial charge on any atom is 0.0184 e. The SMILES string of the molecule is CC1=C(C)C(C2C=C(c3ccccc3CN)c3ccccc32)C(C)=C1C. The molecule has 0 heterocycles. The molecule has 0 amide bonds. The van der Waals surface area contributed by atoms with Gasteiger partial charge in [0, 0.05) is 18.4 Å². The minimum atomic E-state index is 0.402. The zero-order chi connectivity index (χ0) is 18.4. The molecule has 0 fully saturated rings. The van der Waals surface area contributed by atoms with Crippen LogP contribution in [0, 0.1) is 5.92 Å². The Hall–Kier alpha value is -2.38. The average molecular weight is 341 g/mol. The van der Waals surface area contributed by atoms with Crippen molar-refractivity contribution in [3.63, 3.8) is 0 Å². The summed E-state index contributed by atoms with van der Waals surface area (Å²) in [6.07, 6.45) is 2.49. The summed E-state index contributed by atoms with van der Waals surface area (Å²) >= 11 is 0. The Morgan fingerprint density at radius 3 is 2.00 bits per heavy atom. The molecule has 2 aromatic carbocycles. The molecule has 0 saturated carbocycles. The first kappa shape index (κ1) is 17.1. The molecule has 2 aromatic rings. The summed E-state index contributed by atoms with van der Waals surface area (Å²) in [4.78, 5) is 0. The Kier molecular flexibility index (Phi) is 4.20. The van der Waals surface area contributed by atoms with Crippen molar-refractivity contribution in [2.75, 3.05) is 0 Å². The van der Waals surface area contributed by atoms with E-state index in [1.807, 2.05) is 0 Å². The van der Waals surface area contributed by atoms with Gasteiger partial charge in [0.1, 0.15) is 0 Å². The predicted octanol–water partition coefficient (Wildman–Crippen LogP) is 5.98. The number of nitrogens with two attached hydrogens (primary N) is 1. The van der Waals surface area contributed by atoms with E-state index >= 15 is 0 Å². The number of hydrogen-bond acceptors (Lipinski definition) is 1. The van der Waals surface area contributed by atoms with E-state index in [-0.39, 0.29) is 0 Å². The second-order valence-corrected chi connectivity index (χ2v) is 7.65. The van der Waals surface area contributed by atoms with Gasteiger partial charge in [-0.15, -0.1) is 0 Å². The molecular formula is C25H27N. The van der Waals surface area contributed by atoms with Crippen LogP contribution in [-0.4, -0.2) is 0 Å². The van der Waals surface area contributed by atoms with E-state index in [1.54, 1.807) is 0 Å². The van der Waals surface area contributed by atoms with Crippen LogP contribution in [0.1, 0.15) is 55.9 Å². The average Bonchev–Trinajstić information content (AvgIpc) is 3.13. The summed E-state index contributed by atoms with van der Waals surface area (Å²) in [5, 5.41) is 0. The van der Waals surface area contributed by atoms with Crippen LogP contribution < -0.4 is 5.73 Å². The number of hydrogen-bond donors (Lipinski definition) is 1. The molecule has 2 aliphatic carbocycles. The monoisotopic (exact) mass is 341 g/mol. The molecule has 132 valence electrons. The molecule has 26 heavy (non-hydrogen) atoms. The molecule has 1 unspecified atom stereocenters.